The largest absolute Gasteiger partial charge is 0.497 e. The van der Waals surface area contributed by atoms with Gasteiger partial charge in [-0.1, -0.05) is 31.2 Å². The fraction of sp³-hybridized carbons (Fsp3) is 0.346. The van der Waals surface area contributed by atoms with Crippen molar-refractivity contribution in [1.82, 2.24) is 9.55 Å². The molecule has 0 saturated carbocycles. The molecule has 0 radical (unpaired) electrons. The number of rotatable bonds is 7. The maximum Gasteiger partial charge on any atom is 0.302 e. The Morgan fingerprint density at radius 1 is 1.18 bits per heavy atom. The number of hydrogen-bond donors (Lipinski definition) is 1. The van der Waals surface area contributed by atoms with Crippen LogP contribution in [0.2, 0.25) is 0 Å². The summed E-state index contributed by atoms with van der Waals surface area (Å²) in [7, 11) is 4.84. The number of anilines is 1. The normalized spacial score (nSPS) is 16.6. The molecular formula is C26H29N3O5. The molecule has 0 unspecified atom stereocenters. The van der Waals surface area contributed by atoms with Gasteiger partial charge in [-0.05, 0) is 29.7 Å². The lowest BCUT2D eigenvalue weighted by molar-refractivity contribution is -0.146. The van der Waals surface area contributed by atoms with Gasteiger partial charge in [-0.2, -0.15) is 0 Å². The number of hydrogen-bond acceptors (Lipinski definition) is 7. The van der Waals surface area contributed by atoms with Crippen molar-refractivity contribution < 1.29 is 19.0 Å². The van der Waals surface area contributed by atoms with Gasteiger partial charge >= 0.3 is 5.97 Å². The van der Waals surface area contributed by atoms with Gasteiger partial charge in [0.15, 0.2) is 0 Å². The standard InChI is InChI=1S/C26H29N3O5/c1-6-20-25(28-23-18-10-8-7-9-16(18)13-22(23)34-15(2)30)29(3)26(31)24(27-20)19-12-11-17(32-4)14-21(19)33-5/h7-12,14,22-23,28H,6,13H2,1-5H3/t22-,23+/m0/s1. The molecule has 1 aliphatic rings. The molecule has 2 atom stereocenters. The molecule has 0 bridgehead atoms. The Morgan fingerprint density at radius 3 is 2.62 bits per heavy atom. The molecule has 8 heteroatoms. The summed E-state index contributed by atoms with van der Waals surface area (Å²) in [4.78, 5) is 30.0. The fourth-order valence-corrected chi connectivity index (χ4v) is 4.49. The Bertz CT molecular complexity index is 1280. The summed E-state index contributed by atoms with van der Waals surface area (Å²) in [6.07, 6.45) is 0.822. The lowest BCUT2D eigenvalue weighted by Crippen LogP contribution is -2.31. The van der Waals surface area contributed by atoms with E-state index in [2.05, 4.69) is 5.32 Å². The fourth-order valence-electron chi connectivity index (χ4n) is 4.49. The van der Waals surface area contributed by atoms with E-state index < -0.39 is 0 Å². The molecule has 1 aliphatic carbocycles. The van der Waals surface area contributed by atoms with Crippen molar-refractivity contribution in [3.05, 3.63) is 69.6 Å². The lowest BCUT2D eigenvalue weighted by Gasteiger charge is -2.25. The first-order chi connectivity index (χ1) is 16.4. The average molecular weight is 464 g/mol. The zero-order chi connectivity index (χ0) is 24.4. The van der Waals surface area contributed by atoms with Crippen LogP contribution in [0, 0.1) is 0 Å². The van der Waals surface area contributed by atoms with Gasteiger partial charge in [0, 0.05) is 32.0 Å². The van der Waals surface area contributed by atoms with E-state index in [1.165, 1.54) is 6.92 Å². The molecule has 1 heterocycles. The monoisotopic (exact) mass is 463 g/mol. The smallest absolute Gasteiger partial charge is 0.302 e. The summed E-state index contributed by atoms with van der Waals surface area (Å²) in [5, 5.41) is 3.48. The van der Waals surface area contributed by atoms with Crippen LogP contribution in [0.15, 0.2) is 47.3 Å². The number of benzene rings is 2. The number of ether oxygens (including phenoxy) is 3. The van der Waals surface area contributed by atoms with Crippen LogP contribution < -0.4 is 20.3 Å². The first-order valence-electron chi connectivity index (χ1n) is 11.2. The van der Waals surface area contributed by atoms with E-state index in [1.54, 1.807) is 44.0 Å². The van der Waals surface area contributed by atoms with Gasteiger partial charge in [0.1, 0.15) is 29.1 Å². The molecule has 3 aromatic rings. The van der Waals surface area contributed by atoms with Crippen molar-refractivity contribution in [2.24, 2.45) is 7.05 Å². The van der Waals surface area contributed by atoms with Crippen LogP contribution in [0.1, 0.15) is 36.7 Å². The minimum Gasteiger partial charge on any atom is -0.497 e. The Hall–Kier alpha value is -3.81. The van der Waals surface area contributed by atoms with Gasteiger partial charge in [0.2, 0.25) is 0 Å². The lowest BCUT2D eigenvalue weighted by atomic mass is 10.1. The summed E-state index contributed by atoms with van der Waals surface area (Å²) in [5.74, 6) is 1.39. The second kappa shape index (κ2) is 9.59. The van der Waals surface area contributed by atoms with Gasteiger partial charge in [-0.15, -0.1) is 0 Å². The van der Waals surface area contributed by atoms with Crippen LogP contribution in [-0.2, 0) is 29.4 Å². The molecule has 34 heavy (non-hydrogen) atoms. The molecule has 2 aromatic carbocycles. The van der Waals surface area contributed by atoms with E-state index in [0.29, 0.717) is 41.4 Å². The Balaban J connectivity index is 1.79. The first-order valence-corrected chi connectivity index (χ1v) is 11.2. The van der Waals surface area contributed by atoms with Gasteiger partial charge in [-0.25, -0.2) is 4.98 Å². The second-order valence-corrected chi connectivity index (χ2v) is 8.21. The highest BCUT2D eigenvalue weighted by molar-refractivity contribution is 5.69. The van der Waals surface area contributed by atoms with Crippen LogP contribution in [0.5, 0.6) is 11.5 Å². The highest BCUT2D eigenvalue weighted by Gasteiger charge is 2.35. The number of methoxy groups -OCH3 is 2. The minimum atomic E-state index is -0.379. The van der Waals surface area contributed by atoms with Crippen LogP contribution >= 0.6 is 0 Å². The predicted octanol–water partition coefficient (Wildman–Crippen LogP) is 3.67. The van der Waals surface area contributed by atoms with Crippen LogP contribution in [-0.4, -0.2) is 35.8 Å². The van der Waals surface area contributed by atoms with Crippen LogP contribution in [0.4, 0.5) is 5.82 Å². The Labute approximate surface area is 198 Å². The van der Waals surface area contributed by atoms with E-state index in [-0.39, 0.29) is 23.7 Å². The van der Waals surface area contributed by atoms with Gasteiger partial charge in [0.25, 0.3) is 5.56 Å². The van der Waals surface area contributed by atoms with Crippen molar-refractivity contribution in [2.45, 2.75) is 38.8 Å². The third-order valence-corrected chi connectivity index (χ3v) is 6.15. The van der Waals surface area contributed by atoms with Crippen molar-refractivity contribution in [3.63, 3.8) is 0 Å². The molecule has 8 nitrogen and oxygen atoms in total. The van der Waals surface area contributed by atoms with Crippen molar-refractivity contribution in [2.75, 3.05) is 19.5 Å². The number of fused-ring (bicyclic) bond motifs is 1. The van der Waals surface area contributed by atoms with Gasteiger partial charge in [-0.3, -0.25) is 14.2 Å². The molecule has 4 rings (SSSR count). The second-order valence-electron chi connectivity index (χ2n) is 8.21. The summed E-state index contributed by atoms with van der Waals surface area (Å²) in [6.45, 7) is 3.39. The number of carbonyl (C=O) groups excluding carboxylic acids is 1. The summed E-state index contributed by atoms with van der Waals surface area (Å²) in [5.41, 5.74) is 3.51. The van der Waals surface area contributed by atoms with E-state index in [4.69, 9.17) is 19.2 Å². The maximum absolute atomic E-state index is 13.4. The van der Waals surface area contributed by atoms with Crippen LogP contribution in [0.25, 0.3) is 11.3 Å². The third kappa shape index (κ3) is 4.23. The number of carbonyl (C=O) groups is 1. The molecule has 1 aromatic heterocycles. The van der Waals surface area contributed by atoms with E-state index in [9.17, 15) is 9.59 Å². The quantitative estimate of drug-likeness (QED) is 0.535. The number of aromatic nitrogens is 2. The summed E-state index contributed by atoms with van der Waals surface area (Å²) in [6, 6.07) is 13.0. The topological polar surface area (TPSA) is 91.7 Å². The van der Waals surface area contributed by atoms with Crippen molar-refractivity contribution in [3.8, 4) is 22.8 Å². The van der Waals surface area contributed by atoms with Crippen molar-refractivity contribution in [1.29, 1.82) is 0 Å². The van der Waals surface area contributed by atoms with Gasteiger partial charge < -0.3 is 19.5 Å². The summed E-state index contributed by atoms with van der Waals surface area (Å²) >= 11 is 0. The van der Waals surface area contributed by atoms with E-state index in [1.807, 2.05) is 31.2 Å². The number of nitrogens with zero attached hydrogens (tertiary/aromatic N) is 2. The Kier molecular flexibility index (Phi) is 6.58. The Morgan fingerprint density at radius 2 is 1.94 bits per heavy atom. The SMILES string of the molecule is CCc1nc(-c2ccc(OC)cc2OC)c(=O)n(C)c1N[C@@H]1c2ccccc2C[C@@H]1OC(C)=O. The number of aryl methyl sites for hydroxylation is 1. The minimum absolute atomic E-state index is 0.265. The molecule has 1 N–H and O–H groups in total. The zero-order valence-electron chi connectivity index (χ0n) is 20.0. The molecule has 0 fully saturated rings. The molecular weight excluding hydrogens is 434 g/mol. The zero-order valence-corrected chi connectivity index (χ0v) is 20.0. The van der Waals surface area contributed by atoms with Crippen LogP contribution in [0.3, 0.4) is 0 Å². The molecule has 0 spiro atoms. The first kappa shape index (κ1) is 23.4. The maximum atomic E-state index is 13.4. The molecule has 178 valence electrons. The molecule has 0 amide bonds. The average Bonchev–Trinajstić information content (AvgIpc) is 3.18. The number of esters is 1. The number of nitrogens with one attached hydrogen (secondary N) is 1. The highest BCUT2D eigenvalue weighted by Crippen LogP contribution is 2.37. The van der Waals surface area contributed by atoms with E-state index in [0.717, 1.165) is 16.8 Å². The predicted molar refractivity (Wildman–Crippen MR) is 129 cm³/mol. The highest BCUT2D eigenvalue weighted by atomic mass is 16.5. The third-order valence-electron chi connectivity index (χ3n) is 6.15. The molecule has 0 saturated heterocycles. The van der Waals surface area contributed by atoms with Crippen molar-refractivity contribution >= 4 is 11.8 Å². The van der Waals surface area contributed by atoms with E-state index >= 15 is 0 Å². The molecule has 0 aliphatic heterocycles. The summed E-state index contributed by atoms with van der Waals surface area (Å²) < 4.78 is 18.0. The van der Waals surface area contributed by atoms with Gasteiger partial charge in [0.05, 0.1) is 26.0 Å².